The van der Waals surface area contributed by atoms with E-state index in [1.54, 1.807) is 6.07 Å². The van der Waals surface area contributed by atoms with Gasteiger partial charge in [0, 0.05) is 18.3 Å². The first-order valence-corrected chi connectivity index (χ1v) is 9.17. The quantitative estimate of drug-likeness (QED) is 0.508. The zero-order chi connectivity index (χ0) is 19.1. The van der Waals surface area contributed by atoms with Gasteiger partial charge in [-0.15, -0.1) is 0 Å². The van der Waals surface area contributed by atoms with Crippen molar-refractivity contribution >= 4 is 17.8 Å². The lowest BCUT2D eigenvalue weighted by Gasteiger charge is -2.18. The molecule has 1 aromatic carbocycles. The van der Waals surface area contributed by atoms with Crippen LogP contribution in [0.3, 0.4) is 0 Å². The lowest BCUT2D eigenvalue weighted by atomic mass is 10.0. The van der Waals surface area contributed by atoms with Crippen molar-refractivity contribution in [3.63, 3.8) is 0 Å². The highest BCUT2D eigenvalue weighted by atomic mass is 16.5. The molecule has 140 valence electrons. The van der Waals surface area contributed by atoms with E-state index < -0.39 is 0 Å². The fourth-order valence-electron chi connectivity index (χ4n) is 3.09. The molecule has 5 heteroatoms. The van der Waals surface area contributed by atoms with Crippen molar-refractivity contribution in [2.45, 2.75) is 53.5 Å². The van der Waals surface area contributed by atoms with E-state index >= 15 is 0 Å². The Morgan fingerprint density at radius 2 is 1.85 bits per heavy atom. The third kappa shape index (κ3) is 4.82. The molecule has 0 spiro atoms. The van der Waals surface area contributed by atoms with E-state index in [0.717, 1.165) is 47.9 Å². The summed E-state index contributed by atoms with van der Waals surface area (Å²) in [6.45, 7) is 9.21. The smallest absolute Gasteiger partial charge is 0.168 e. The van der Waals surface area contributed by atoms with Crippen LogP contribution in [0.4, 0.5) is 11.5 Å². The molecule has 0 amide bonds. The maximum absolute atomic E-state index is 11.3. The summed E-state index contributed by atoms with van der Waals surface area (Å²) in [4.78, 5) is 15.8. The number of hydrogen-bond donors (Lipinski definition) is 2. The van der Waals surface area contributed by atoms with Gasteiger partial charge in [0.25, 0.3) is 0 Å². The number of hydrogen-bond acceptors (Lipinski definition) is 5. The predicted octanol–water partition coefficient (Wildman–Crippen LogP) is 4.59. The molecular formula is C21H29N3O2. The molecule has 0 saturated carbocycles. The third-order valence-electron chi connectivity index (χ3n) is 4.35. The van der Waals surface area contributed by atoms with Crippen molar-refractivity contribution in [3.8, 4) is 5.75 Å². The SMILES string of the molecule is CCCCCOc1cc(C=O)nc(Nc2c(C)cc(C)cc2C)c1CN. The fourth-order valence-corrected chi connectivity index (χ4v) is 3.09. The minimum atomic E-state index is 0.279. The normalized spacial score (nSPS) is 10.7. The molecule has 2 aromatic rings. The Balaban J connectivity index is 2.39. The number of pyridine rings is 1. The third-order valence-corrected chi connectivity index (χ3v) is 4.35. The number of anilines is 2. The molecule has 3 N–H and O–H groups in total. The topological polar surface area (TPSA) is 77.2 Å². The van der Waals surface area contributed by atoms with Crippen molar-refractivity contribution in [3.05, 3.63) is 46.1 Å². The summed E-state index contributed by atoms with van der Waals surface area (Å²) in [6, 6.07) is 5.90. The second-order valence-corrected chi connectivity index (χ2v) is 6.65. The van der Waals surface area contributed by atoms with Crippen molar-refractivity contribution in [1.29, 1.82) is 0 Å². The van der Waals surface area contributed by atoms with Crippen molar-refractivity contribution < 1.29 is 9.53 Å². The Bertz CT molecular complexity index is 749. The second-order valence-electron chi connectivity index (χ2n) is 6.65. The van der Waals surface area contributed by atoms with Gasteiger partial charge >= 0.3 is 0 Å². The first kappa shape index (κ1) is 19.9. The van der Waals surface area contributed by atoms with Gasteiger partial charge in [0.2, 0.25) is 0 Å². The van der Waals surface area contributed by atoms with E-state index in [1.807, 2.05) is 0 Å². The van der Waals surface area contributed by atoms with Crippen LogP contribution in [0.2, 0.25) is 0 Å². The summed E-state index contributed by atoms with van der Waals surface area (Å²) in [6.07, 6.45) is 3.94. The molecule has 0 radical (unpaired) electrons. The highest BCUT2D eigenvalue weighted by Gasteiger charge is 2.15. The molecule has 0 fully saturated rings. The number of benzene rings is 1. The average Bonchev–Trinajstić information content (AvgIpc) is 2.61. The number of unbranched alkanes of at least 4 members (excludes halogenated alkanes) is 2. The zero-order valence-electron chi connectivity index (χ0n) is 16.2. The van der Waals surface area contributed by atoms with Crippen LogP contribution in [0, 0.1) is 20.8 Å². The number of carbonyl (C=O) groups excluding carboxylic acids is 1. The van der Waals surface area contributed by atoms with E-state index in [4.69, 9.17) is 10.5 Å². The van der Waals surface area contributed by atoms with Gasteiger partial charge in [-0.3, -0.25) is 4.79 Å². The van der Waals surface area contributed by atoms with Crippen molar-refractivity contribution in [2.24, 2.45) is 5.73 Å². The number of aromatic nitrogens is 1. The molecule has 26 heavy (non-hydrogen) atoms. The summed E-state index contributed by atoms with van der Waals surface area (Å²) in [5.41, 5.74) is 11.5. The molecule has 0 unspecified atom stereocenters. The number of aryl methyl sites for hydroxylation is 3. The van der Waals surface area contributed by atoms with E-state index in [2.05, 4.69) is 50.1 Å². The summed E-state index contributed by atoms with van der Waals surface area (Å²) < 4.78 is 5.91. The number of nitrogens with one attached hydrogen (secondary N) is 1. The number of nitrogens with zero attached hydrogens (tertiary/aromatic N) is 1. The molecule has 1 heterocycles. The molecule has 0 atom stereocenters. The summed E-state index contributed by atoms with van der Waals surface area (Å²) >= 11 is 0. The summed E-state index contributed by atoms with van der Waals surface area (Å²) in [5.74, 6) is 1.21. The monoisotopic (exact) mass is 355 g/mol. The predicted molar refractivity (Wildman–Crippen MR) is 106 cm³/mol. The molecular weight excluding hydrogens is 326 g/mol. The molecule has 0 bridgehead atoms. The van der Waals surface area contributed by atoms with Gasteiger partial charge in [0.05, 0.1) is 12.2 Å². The first-order chi connectivity index (χ1) is 12.5. The van der Waals surface area contributed by atoms with E-state index in [0.29, 0.717) is 23.9 Å². The van der Waals surface area contributed by atoms with Crippen molar-refractivity contribution in [1.82, 2.24) is 4.98 Å². The Labute approximate surface area is 156 Å². The standard InChI is InChI=1S/C21H29N3O2/c1-5-6-7-8-26-19-11-17(13-25)23-21(18(19)12-22)24-20-15(3)9-14(2)10-16(20)4/h9-11,13H,5-8,12,22H2,1-4H3,(H,23,24). The highest BCUT2D eigenvalue weighted by Crippen LogP contribution is 2.31. The Kier molecular flexibility index (Phi) is 7.16. The minimum absolute atomic E-state index is 0.279. The Hall–Kier alpha value is -2.40. The largest absolute Gasteiger partial charge is 0.493 e. The second kappa shape index (κ2) is 9.34. The maximum atomic E-state index is 11.3. The number of nitrogens with two attached hydrogens (primary N) is 1. The van der Waals surface area contributed by atoms with Gasteiger partial charge < -0.3 is 15.8 Å². The molecule has 5 nitrogen and oxygen atoms in total. The van der Waals surface area contributed by atoms with Crippen LogP contribution in [0.15, 0.2) is 18.2 Å². The lowest BCUT2D eigenvalue weighted by molar-refractivity contribution is 0.111. The van der Waals surface area contributed by atoms with Gasteiger partial charge in [-0.05, 0) is 38.3 Å². The molecule has 0 aliphatic rings. The zero-order valence-corrected chi connectivity index (χ0v) is 16.2. The lowest BCUT2D eigenvalue weighted by Crippen LogP contribution is -2.11. The van der Waals surface area contributed by atoms with Crippen LogP contribution >= 0.6 is 0 Å². The van der Waals surface area contributed by atoms with Gasteiger partial charge in [-0.2, -0.15) is 0 Å². The van der Waals surface area contributed by atoms with Gasteiger partial charge in [0.1, 0.15) is 17.3 Å². The Morgan fingerprint density at radius 3 is 2.42 bits per heavy atom. The van der Waals surface area contributed by atoms with Gasteiger partial charge in [-0.1, -0.05) is 37.5 Å². The van der Waals surface area contributed by atoms with Crippen LogP contribution in [-0.4, -0.2) is 17.9 Å². The summed E-state index contributed by atoms with van der Waals surface area (Å²) in [7, 11) is 0. The molecule has 1 aromatic heterocycles. The van der Waals surface area contributed by atoms with Crippen LogP contribution in [-0.2, 0) is 6.54 Å². The number of aldehydes is 1. The van der Waals surface area contributed by atoms with Crippen LogP contribution in [0.1, 0.15) is 58.9 Å². The first-order valence-electron chi connectivity index (χ1n) is 9.17. The van der Waals surface area contributed by atoms with E-state index in [1.165, 1.54) is 5.56 Å². The van der Waals surface area contributed by atoms with Crippen LogP contribution in [0.25, 0.3) is 0 Å². The molecule has 2 rings (SSSR count). The maximum Gasteiger partial charge on any atom is 0.168 e. The number of rotatable bonds is 9. The van der Waals surface area contributed by atoms with Crippen LogP contribution in [0.5, 0.6) is 5.75 Å². The van der Waals surface area contributed by atoms with Gasteiger partial charge in [0.15, 0.2) is 6.29 Å². The summed E-state index contributed by atoms with van der Waals surface area (Å²) in [5, 5.41) is 3.37. The van der Waals surface area contributed by atoms with E-state index in [9.17, 15) is 4.79 Å². The van der Waals surface area contributed by atoms with Crippen molar-refractivity contribution in [2.75, 3.05) is 11.9 Å². The highest BCUT2D eigenvalue weighted by molar-refractivity contribution is 5.77. The van der Waals surface area contributed by atoms with E-state index in [-0.39, 0.29) is 6.54 Å². The number of carbonyl (C=O) groups is 1. The minimum Gasteiger partial charge on any atom is -0.493 e. The fraction of sp³-hybridized carbons (Fsp3) is 0.429. The average molecular weight is 355 g/mol. The molecule has 0 aliphatic carbocycles. The molecule has 0 saturated heterocycles. The van der Waals surface area contributed by atoms with Crippen LogP contribution < -0.4 is 15.8 Å². The Morgan fingerprint density at radius 1 is 1.15 bits per heavy atom. The number of ether oxygens (including phenoxy) is 1. The van der Waals surface area contributed by atoms with Gasteiger partial charge in [-0.25, -0.2) is 4.98 Å². The molecule has 0 aliphatic heterocycles.